The molecular weight excluding hydrogens is 341 g/mol. The Morgan fingerprint density at radius 3 is 1.72 bits per heavy atom. The van der Waals surface area contributed by atoms with Gasteiger partial charge in [0.1, 0.15) is 17.5 Å². The summed E-state index contributed by atoms with van der Waals surface area (Å²) in [6.45, 7) is 3.87. The minimum absolute atomic E-state index is 0.352. The maximum atomic E-state index is 14.0. The Balaban J connectivity index is 2.19. The van der Waals surface area contributed by atoms with Crippen molar-refractivity contribution in [1.29, 1.82) is 0 Å². The fourth-order valence-electron chi connectivity index (χ4n) is 2.74. The number of hydrogen-bond acceptors (Lipinski definition) is 0. The second-order valence-corrected chi connectivity index (χ2v) is 7.90. The average Bonchev–Trinajstić information content (AvgIpc) is 2.54. The highest BCUT2D eigenvalue weighted by molar-refractivity contribution is 7.97. The molecule has 0 heterocycles. The fourth-order valence-corrected chi connectivity index (χ4v) is 4.96. The molecule has 0 N–H and O–H groups in total. The maximum absolute atomic E-state index is 14.0. The van der Waals surface area contributed by atoms with Crippen LogP contribution in [0.4, 0.5) is 13.2 Å². The van der Waals surface area contributed by atoms with E-state index < -0.39 is 22.5 Å². The van der Waals surface area contributed by atoms with Gasteiger partial charge in [-0.1, -0.05) is 19.1 Å². The topological polar surface area (TPSA) is 0 Å². The van der Waals surface area contributed by atoms with Crippen LogP contribution in [0.2, 0.25) is 0 Å². The number of benzene rings is 3. The molecule has 3 aromatic carbocycles. The average molecular weight is 359 g/mol. The fraction of sp³-hybridized carbons (Fsp3) is 0.143. The molecule has 0 aliphatic rings. The van der Waals surface area contributed by atoms with E-state index >= 15 is 0 Å². The standard InChI is InChI=1S/C21H18F3S/c1-3-15-4-6-19(7-5-15)25(20-9-14(2)8-16(22)11-20)21-12-17(23)10-18(24)13-21/h4-13H,3H2,1-2H3/q+1. The van der Waals surface area contributed by atoms with Gasteiger partial charge in [-0.25, -0.2) is 13.2 Å². The quantitative estimate of drug-likeness (QED) is 0.496. The van der Waals surface area contributed by atoms with E-state index in [0.29, 0.717) is 9.79 Å². The van der Waals surface area contributed by atoms with E-state index in [1.807, 2.05) is 30.3 Å². The molecule has 128 valence electrons. The Labute approximate surface area is 148 Å². The summed E-state index contributed by atoms with van der Waals surface area (Å²) >= 11 is 0. The van der Waals surface area contributed by atoms with Crippen LogP contribution in [0.3, 0.4) is 0 Å². The molecule has 0 bridgehead atoms. The molecule has 0 amide bonds. The minimum Gasteiger partial charge on any atom is -0.207 e. The highest BCUT2D eigenvalue weighted by Crippen LogP contribution is 2.33. The Morgan fingerprint density at radius 2 is 1.20 bits per heavy atom. The normalized spacial score (nSPS) is 12.2. The molecule has 0 aromatic heterocycles. The van der Waals surface area contributed by atoms with Crippen molar-refractivity contribution >= 4 is 10.9 Å². The Hall–Kier alpha value is -2.20. The van der Waals surface area contributed by atoms with Gasteiger partial charge in [-0.2, -0.15) is 0 Å². The van der Waals surface area contributed by atoms with Crippen molar-refractivity contribution in [3.63, 3.8) is 0 Å². The Kier molecular flexibility index (Phi) is 5.19. The molecule has 0 saturated carbocycles. The van der Waals surface area contributed by atoms with E-state index in [2.05, 4.69) is 6.92 Å². The van der Waals surface area contributed by atoms with Crippen LogP contribution >= 0.6 is 0 Å². The predicted octanol–water partition coefficient (Wildman–Crippen LogP) is 6.07. The highest BCUT2D eigenvalue weighted by Gasteiger charge is 2.30. The third-order valence-electron chi connectivity index (χ3n) is 3.89. The molecule has 0 spiro atoms. The molecule has 0 saturated heterocycles. The van der Waals surface area contributed by atoms with Crippen LogP contribution < -0.4 is 0 Å². The van der Waals surface area contributed by atoms with Crippen LogP contribution in [0, 0.1) is 24.4 Å². The third kappa shape index (κ3) is 4.07. The first-order chi connectivity index (χ1) is 12.0. The largest absolute Gasteiger partial charge is 0.207 e. The van der Waals surface area contributed by atoms with Gasteiger partial charge in [-0.05, 0) is 48.7 Å². The van der Waals surface area contributed by atoms with Crippen molar-refractivity contribution in [2.45, 2.75) is 35.0 Å². The zero-order chi connectivity index (χ0) is 18.0. The number of aryl methyl sites for hydroxylation is 2. The molecule has 25 heavy (non-hydrogen) atoms. The smallest absolute Gasteiger partial charge is 0.172 e. The first-order valence-electron chi connectivity index (χ1n) is 8.03. The molecule has 0 fully saturated rings. The van der Waals surface area contributed by atoms with Crippen LogP contribution in [0.25, 0.3) is 0 Å². The van der Waals surface area contributed by atoms with Crippen molar-refractivity contribution in [1.82, 2.24) is 0 Å². The van der Waals surface area contributed by atoms with Gasteiger partial charge in [-0.3, -0.25) is 0 Å². The summed E-state index contributed by atoms with van der Waals surface area (Å²) in [7, 11) is -0.786. The van der Waals surface area contributed by atoms with E-state index in [4.69, 9.17) is 0 Å². The van der Waals surface area contributed by atoms with Gasteiger partial charge in [0, 0.05) is 24.3 Å². The predicted molar refractivity (Wildman–Crippen MR) is 95.5 cm³/mol. The van der Waals surface area contributed by atoms with Gasteiger partial charge in [0.15, 0.2) is 14.7 Å². The summed E-state index contributed by atoms with van der Waals surface area (Å²) in [5.41, 5.74) is 1.95. The van der Waals surface area contributed by atoms with E-state index in [0.717, 1.165) is 22.9 Å². The molecule has 4 heteroatoms. The maximum Gasteiger partial charge on any atom is 0.172 e. The van der Waals surface area contributed by atoms with Crippen molar-refractivity contribution in [3.8, 4) is 0 Å². The van der Waals surface area contributed by atoms with Crippen molar-refractivity contribution in [2.24, 2.45) is 0 Å². The SMILES string of the molecule is CCc1ccc([S+](c2cc(C)cc(F)c2)c2cc(F)cc(F)c2)cc1. The lowest BCUT2D eigenvalue weighted by atomic mass is 10.2. The summed E-state index contributed by atoms with van der Waals surface area (Å²) < 4.78 is 41.5. The van der Waals surface area contributed by atoms with E-state index in [9.17, 15) is 13.2 Å². The van der Waals surface area contributed by atoms with Gasteiger partial charge < -0.3 is 0 Å². The second-order valence-electron chi connectivity index (χ2n) is 5.87. The monoisotopic (exact) mass is 359 g/mol. The minimum atomic E-state index is -0.786. The molecule has 3 aromatic rings. The molecule has 1 unspecified atom stereocenters. The van der Waals surface area contributed by atoms with Crippen LogP contribution in [0.15, 0.2) is 75.4 Å². The Bertz CT molecular complexity index is 796. The van der Waals surface area contributed by atoms with E-state index in [-0.39, 0.29) is 5.82 Å². The zero-order valence-corrected chi connectivity index (χ0v) is 14.8. The van der Waals surface area contributed by atoms with E-state index in [1.54, 1.807) is 6.92 Å². The first-order valence-corrected chi connectivity index (χ1v) is 9.25. The lowest BCUT2D eigenvalue weighted by molar-refractivity contribution is 0.577. The van der Waals surface area contributed by atoms with Crippen LogP contribution in [0.1, 0.15) is 18.1 Å². The molecule has 0 radical (unpaired) electrons. The highest BCUT2D eigenvalue weighted by atomic mass is 32.2. The summed E-state index contributed by atoms with van der Waals surface area (Å²) in [4.78, 5) is 2.09. The van der Waals surface area contributed by atoms with Crippen molar-refractivity contribution < 1.29 is 13.2 Å². The number of halogens is 3. The molecule has 0 aliphatic heterocycles. The van der Waals surface area contributed by atoms with Crippen molar-refractivity contribution in [2.75, 3.05) is 0 Å². The summed E-state index contributed by atoms with van der Waals surface area (Å²) in [6, 6.07) is 16.1. The third-order valence-corrected chi connectivity index (χ3v) is 6.05. The van der Waals surface area contributed by atoms with Crippen LogP contribution in [-0.4, -0.2) is 0 Å². The Morgan fingerprint density at radius 1 is 0.680 bits per heavy atom. The number of rotatable bonds is 4. The summed E-state index contributed by atoms with van der Waals surface area (Å²) in [5, 5.41) is 0. The van der Waals surface area contributed by atoms with Crippen LogP contribution in [-0.2, 0) is 17.3 Å². The summed E-state index contributed by atoms with van der Waals surface area (Å²) in [5.74, 6) is -1.62. The van der Waals surface area contributed by atoms with Gasteiger partial charge in [0.25, 0.3) is 0 Å². The van der Waals surface area contributed by atoms with Crippen molar-refractivity contribution in [3.05, 3.63) is 89.2 Å². The van der Waals surface area contributed by atoms with Gasteiger partial charge >= 0.3 is 0 Å². The zero-order valence-electron chi connectivity index (χ0n) is 14.0. The lowest BCUT2D eigenvalue weighted by Crippen LogP contribution is -2.07. The van der Waals surface area contributed by atoms with Gasteiger partial charge in [-0.15, -0.1) is 0 Å². The molecule has 0 nitrogen and oxygen atoms in total. The van der Waals surface area contributed by atoms with E-state index in [1.165, 1.54) is 29.8 Å². The van der Waals surface area contributed by atoms with Crippen LogP contribution in [0.5, 0.6) is 0 Å². The first kappa shape index (κ1) is 17.6. The second kappa shape index (κ2) is 7.36. The molecule has 3 rings (SSSR count). The lowest BCUT2D eigenvalue weighted by Gasteiger charge is -2.10. The molecular formula is C21H18F3S+. The molecule has 1 atom stereocenters. The molecule has 0 aliphatic carbocycles. The van der Waals surface area contributed by atoms with Gasteiger partial charge in [0.05, 0.1) is 10.9 Å². The van der Waals surface area contributed by atoms with Gasteiger partial charge in [0.2, 0.25) is 0 Å². The number of hydrogen-bond donors (Lipinski definition) is 0. The summed E-state index contributed by atoms with van der Waals surface area (Å²) in [6.07, 6.45) is 0.904.